The van der Waals surface area contributed by atoms with Crippen molar-refractivity contribution >= 4 is 5.95 Å². The summed E-state index contributed by atoms with van der Waals surface area (Å²) in [5.41, 5.74) is 0.853. The van der Waals surface area contributed by atoms with Crippen molar-refractivity contribution in [2.75, 3.05) is 5.32 Å². The molecule has 0 aliphatic heterocycles. The zero-order chi connectivity index (χ0) is 13.8. The van der Waals surface area contributed by atoms with Gasteiger partial charge in [-0.1, -0.05) is 0 Å². The molecular formula is C12H18N6O. The van der Waals surface area contributed by atoms with Crippen molar-refractivity contribution in [1.82, 2.24) is 24.7 Å². The third kappa shape index (κ3) is 3.64. The van der Waals surface area contributed by atoms with Gasteiger partial charge in [-0.25, -0.2) is 4.98 Å². The molecule has 0 unspecified atom stereocenters. The molecule has 0 saturated heterocycles. The van der Waals surface area contributed by atoms with E-state index in [1.807, 2.05) is 38.5 Å². The van der Waals surface area contributed by atoms with Gasteiger partial charge in [-0.3, -0.25) is 0 Å². The van der Waals surface area contributed by atoms with E-state index in [4.69, 9.17) is 4.74 Å². The van der Waals surface area contributed by atoms with Gasteiger partial charge in [-0.05, 0) is 20.8 Å². The molecule has 0 aromatic carbocycles. The molecule has 0 saturated carbocycles. The summed E-state index contributed by atoms with van der Waals surface area (Å²) in [6.45, 7) is 6.34. The topological polar surface area (TPSA) is 77.8 Å². The van der Waals surface area contributed by atoms with E-state index in [0.29, 0.717) is 18.4 Å². The zero-order valence-electron chi connectivity index (χ0n) is 11.6. The van der Waals surface area contributed by atoms with Crippen LogP contribution in [0, 0.1) is 6.92 Å². The average molecular weight is 262 g/mol. The lowest BCUT2D eigenvalue weighted by molar-refractivity contribution is 0.232. The highest BCUT2D eigenvalue weighted by Gasteiger charge is 2.06. The highest BCUT2D eigenvalue weighted by Crippen LogP contribution is 2.13. The fourth-order valence-corrected chi connectivity index (χ4v) is 1.55. The van der Waals surface area contributed by atoms with Gasteiger partial charge in [0.1, 0.15) is 6.33 Å². The average Bonchev–Trinajstić information content (AvgIpc) is 2.70. The lowest BCUT2D eigenvalue weighted by Gasteiger charge is -2.11. The van der Waals surface area contributed by atoms with Crippen LogP contribution in [0.25, 0.3) is 0 Å². The molecule has 2 rings (SSSR count). The number of hydrogen-bond donors (Lipinski definition) is 1. The molecule has 2 heterocycles. The van der Waals surface area contributed by atoms with Crippen molar-refractivity contribution in [1.29, 1.82) is 0 Å². The minimum absolute atomic E-state index is 0.0842. The normalized spacial score (nSPS) is 10.8. The second-order valence-electron chi connectivity index (χ2n) is 4.55. The Balaban J connectivity index is 2.07. The van der Waals surface area contributed by atoms with Crippen LogP contribution < -0.4 is 10.1 Å². The second kappa shape index (κ2) is 5.64. The molecule has 0 radical (unpaired) electrons. The highest BCUT2D eigenvalue weighted by atomic mass is 16.5. The minimum Gasteiger partial charge on any atom is -0.475 e. The van der Waals surface area contributed by atoms with Gasteiger partial charge in [0.15, 0.2) is 5.82 Å². The molecule has 1 N–H and O–H groups in total. The molecular weight excluding hydrogens is 244 g/mol. The van der Waals surface area contributed by atoms with Crippen LogP contribution >= 0.6 is 0 Å². The Hall–Kier alpha value is -2.18. The van der Waals surface area contributed by atoms with Crippen LogP contribution in [0.3, 0.4) is 0 Å². The monoisotopic (exact) mass is 262 g/mol. The molecule has 0 aliphatic rings. The number of rotatable bonds is 5. The third-order valence-corrected chi connectivity index (χ3v) is 2.40. The Morgan fingerprint density at radius 2 is 2.16 bits per heavy atom. The van der Waals surface area contributed by atoms with Crippen LogP contribution in [0.4, 0.5) is 5.95 Å². The van der Waals surface area contributed by atoms with Gasteiger partial charge in [0.05, 0.1) is 12.6 Å². The molecule has 2 aromatic rings. The Bertz CT molecular complexity index is 551. The number of aryl methyl sites for hydroxylation is 2. The summed E-state index contributed by atoms with van der Waals surface area (Å²) in [5, 5.41) is 10.9. The number of anilines is 1. The standard InChI is InChI=1S/C12H18N6O/c1-8(2)19-11-5-9(3)15-12(16-11)13-6-10-17-14-7-18(10)4/h5,7-8H,6H2,1-4H3,(H,13,15,16). The molecule has 2 aromatic heterocycles. The summed E-state index contributed by atoms with van der Waals surface area (Å²) in [6, 6.07) is 1.81. The van der Waals surface area contributed by atoms with Crippen LogP contribution in [0.1, 0.15) is 25.4 Å². The van der Waals surface area contributed by atoms with Gasteiger partial charge in [-0.2, -0.15) is 4.98 Å². The molecule has 0 bridgehead atoms. The third-order valence-electron chi connectivity index (χ3n) is 2.40. The predicted octanol–water partition coefficient (Wildman–Crippen LogP) is 1.31. The number of nitrogens with one attached hydrogen (secondary N) is 1. The van der Waals surface area contributed by atoms with Gasteiger partial charge in [0.25, 0.3) is 0 Å². The van der Waals surface area contributed by atoms with E-state index in [0.717, 1.165) is 11.5 Å². The van der Waals surface area contributed by atoms with E-state index >= 15 is 0 Å². The fraction of sp³-hybridized carbons (Fsp3) is 0.500. The van der Waals surface area contributed by atoms with Crippen molar-refractivity contribution < 1.29 is 4.74 Å². The van der Waals surface area contributed by atoms with Crippen LogP contribution in [0.5, 0.6) is 5.88 Å². The van der Waals surface area contributed by atoms with Crippen molar-refractivity contribution in [3.8, 4) is 5.88 Å². The van der Waals surface area contributed by atoms with Crippen molar-refractivity contribution in [2.24, 2.45) is 7.05 Å². The number of ether oxygens (including phenoxy) is 1. The smallest absolute Gasteiger partial charge is 0.226 e. The van der Waals surface area contributed by atoms with Gasteiger partial charge < -0.3 is 14.6 Å². The Morgan fingerprint density at radius 3 is 2.79 bits per heavy atom. The molecule has 0 spiro atoms. The Kier molecular flexibility index (Phi) is 3.94. The summed E-state index contributed by atoms with van der Waals surface area (Å²) in [5.74, 6) is 1.91. The predicted molar refractivity (Wildman–Crippen MR) is 70.9 cm³/mol. The van der Waals surface area contributed by atoms with E-state index in [-0.39, 0.29) is 6.10 Å². The maximum Gasteiger partial charge on any atom is 0.226 e. The van der Waals surface area contributed by atoms with E-state index in [1.54, 1.807) is 6.33 Å². The highest BCUT2D eigenvalue weighted by molar-refractivity contribution is 5.30. The molecule has 102 valence electrons. The number of nitrogens with zero attached hydrogens (tertiary/aromatic N) is 5. The molecule has 0 fully saturated rings. The lowest BCUT2D eigenvalue weighted by atomic mass is 10.4. The summed E-state index contributed by atoms with van der Waals surface area (Å²) >= 11 is 0. The first-order valence-corrected chi connectivity index (χ1v) is 6.13. The first-order valence-electron chi connectivity index (χ1n) is 6.13. The van der Waals surface area contributed by atoms with Gasteiger partial charge in [0.2, 0.25) is 11.8 Å². The van der Waals surface area contributed by atoms with Crippen LogP contribution in [-0.4, -0.2) is 30.8 Å². The van der Waals surface area contributed by atoms with Crippen LogP contribution in [0.15, 0.2) is 12.4 Å². The quantitative estimate of drug-likeness (QED) is 0.875. The maximum atomic E-state index is 5.57. The number of aromatic nitrogens is 5. The zero-order valence-corrected chi connectivity index (χ0v) is 11.6. The van der Waals surface area contributed by atoms with E-state index < -0.39 is 0 Å². The molecule has 0 aliphatic carbocycles. The summed E-state index contributed by atoms with van der Waals surface area (Å²) in [4.78, 5) is 8.61. The van der Waals surface area contributed by atoms with Crippen LogP contribution in [0.2, 0.25) is 0 Å². The minimum atomic E-state index is 0.0842. The van der Waals surface area contributed by atoms with E-state index in [2.05, 4.69) is 25.5 Å². The van der Waals surface area contributed by atoms with Gasteiger partial charge in [-0.15, -0.1) is 10.2 Å². The van der Waals surface area contributed by atoms with Gasteiger partial charge in [0, 0.05) is 18.8 Å². The molecule has 0 atom stereocenters. The first-order chi connectivity index (χ1) is 9.04. The lowest BCUT2D eigenvalue weighted by Crippen LogP contribution is -2.11. The Morgan fingerprint density at radius 1 is 1.37 bits per heavy atom. The number of hydrogen-bond acceptors (Lipinski definition) is 6. The van der Waals surface area contributed by atoms with E-state index in [9.17, 15) is 0 Å². The van der Waals surface area contributed by atoms with Crippen molar-refractivity contribution in [3.63, 3.8) is 0 Å². The SMILES string of the molecule is Cc1cc(OC(C)C)nc(NCc2nncn2C)n1. The maximum absolute atomic E-state index is 5.57. The molecule has 0 amide bonds. The molecule has 7 nitrogen and oxygen atoms in total. The summed E-state index contributed by atoms with van der Waals surface area (Å²) in [7, 11) is 1.89. The Labute approximate surface area is 112 Å². The molecule has 7 heteroatoms. The van der Waals surface area contributed by atoms with Crippen molar-refractivity contribution in [2.45, 2.75) is 33.4 Å². The van der Waals surface area contributed by atoms with E-state index in [1.165, 1.54) is 0 Å². The first kappa shape index (κ1) is 13.3. The van der Waals surface area contributed by atoms with Crippen LogP contribution in [-0.2, 0) is 13.6 Å². The largest absolute Gasteiger partial charge is 0.475 e. The summed E-state index contributed by atoms with van der Waals surface area (Å²) < 4.78 is 7.41. The summed E-state index contributed by atoms with van der Waals surface area (Å²) in [6.07, 6.45) is 1.74. The fourth-order valence-electron chi connectivity index (χ4n) is 1.55. The molecule has 19 heavy (non-hydrogen) atoms. The second-order valence-corrected chi connectivity index (χ2v) is 4.55. The van der Waals surface area contributed by atoms with Gasteiger partial charge >= 0.3 is 0 Å². The van der Waals surface area contributed by atoms with Crippen molar-refractivity contribution in [3.05, 3.63) is 23.9 Å².